The number of aliphatic carboxylic acids is 1. The van der Waals surface area contributed by atoms with E-state index in [0.717, 1.165) is 24.2 Å². The quantitative estimate of drug-likeness (QED) is 0.887. The lowest BCUT2D eigenvalue weighted by Crippen LogP contribution is -2.41. The molecule has 1 aliphatic heterocycles. The van der Waals surface area contributed by atoms with Crippen molar-refractivity contribution in [3.8, 4) is 5.75 Å². The first-order chi connectivity index (χ1) is 9.17. The van der Waals surface area contributed by atoms with Gasteiger partial charge in [0.05, 0.1) is 6.42 Å². The van der Waals surface area contributed by atoms with Crippen LogP contribution >= 0.6 is 0 Å². The first-order valence-corrected chi connectivity index (χ1v) is 7.20. The molecule has 2 aliphatic rings. The topological polar surface area (TPSA) is 46.5 Å². The molecule has 3 rings (SSSR count). The SMILES string of the molecule is O=C(O)Cc1ccc2c(c1)CCC1(CCCCC1)O2. The van der Waals surface area contributed by atoms with Crippen LogP contribution in [0.25, 0.3) is 0 Å². The van der Waals surface area contributed by atoms with Gasteiger partial charge in [-0.2, -0.15) is 0 Å². The molecule has 0 radical (unpaired) electrons. The molecule has 1 fully saturated rings. The van der Waals surface area contributed by atoms with Crippen molar-refractivity contribution in [1.29, 1.82) is 0 Å². The third kappa shape index (κ3) is 2.60. The predicted molar refractivity (Wildman–Crippen MR) is 72.5 cm³/mol. The van der Waals surface area contributed by atoms with Gasteiger partial charge in [0.1, 0.15) is 11.4 Å². The van der Waals surface area contributed by atoms with E-state index in [1.807, 2.05) is 18.2 Å². The lowest BCUT2D eigenvalue weighted by atomic mass is 9.79. The van der Waals surface area contributed by atoms with Gasteiger partial charge < -0.3 is 9.84 Å². The molecule has 0 amide bonds. The summed E-state index contributed by atoms with van der Waals surface area (Å²) in [5.41, 5.74) is 2.11. The number of hydrogen-bond donors (Lipinski definition) is 1. The van der Waals surface area contributed by atoms with E-state index in [2.05, 4.69) is 0 Å². The number of hydrogen-bond acceptors (Lipinski definition) is 2. The van der Waals surface area contributed by atoms with Crippen molar-refractivity contribution in [1.82, 2.24) is 0 Å². The molecular formula is C16H20O3. The Morgan fingerprint density at radius 1 is 1.21 bits per heavy atom. The van der Waals surface area contributed by atoms with Gasteiger partial charge in [0.2, 0.25) is 0 Å². The molecule has 0 atom stereocenters. The normalized spacial score (nSPS) is 20.6. The summed E-state index contributed by atoms with van der Waals surface area (Å²) in [6.45, 7) is 0. The minimum atomic E-state index is -0.777. The lowest BCUT2D eigenvalue weighted by molar-refractivity contribution is -0.136. The highest BCUT2D eigenvalue weighted by atomic mass is 16.5. The maximum atomic E-state index is 10.7. The fraction of sp³-hybridized carbons (Fsp3) is 0.562. The average molecular weight is 260 g/mol. The van der Waals surface area contributed by atoms with Crippen molar-refractivity contribution < 1.29 is 14.6 Å². The molecule has 19 heavy (non-hydrogen) atoms. The maximum Gasteiger partial charge on any atom is 0.307 e. The minimum Gasteiger partial charge on any atom is -0.487 e. The Kier molecular flexibility index (Phi) is 3.21. The van der Waals surface area contributed by atoms with Gasteiger partial charge in [-0.05, 0) is 55.7 Å². The van der Waals surface area contributed by atoms with Crippen molar-refractivity contribution in [2.24, 2.45) is 0 Å². The number of ether oxygens (including phenoxy) is 1. The lowest BCUT2D eigenvalue weighted by Gasteiger charge is -2.41. The van der Waals surface area contributed by atoms with Gasteiger partial charge in [0.25, 0.3) is 0 Å². The number of carbonyl (C=O) groups is 1. The Bertz CT molecular complexity index is 487. The van der Waals surface area contributed by atoms with Crippen molar-refractivity contribution in [2.45, 2.75) is 57.0 Å². The van der Waals surface area contributed by atoms with Gasteiger partial charge in [-0.15, -0.1) is 0 Å². The number of aryl methyl sites for hydroxylation is 1. The second kappa shape index (κ2) is 4.87. The molecule has 0 aromatic heterocycles. The molecule has 3 heteroatoms. The second-order valence-corrected chi connectivity index (χ2v) is 5.86. The highest BCUT2D eigenvalue weighted by Crippen LogP contribution is 2.41. The summed E-state index contributed by atoms with van der Waals surface area (Å²) >= 11 is 0. The summed E-state index contributed by atoms with van der Waals surface area (Å²) in [7, 11) is 0. The zero-order chi connectivity index (χ0) is 13.3. The number of rotatable bonds is 2. The Hall–Kier alpha value is -1.51. The fourth-order valence-corrected chi connectivity index (χ4v) is 3.41. The molecule has 102 valence electrons. The van der Waals surface area contributed by atoms with E-state index in [4.69, 9.17) is 9.84 Å². The van der Waals surface area contributed by atoms with Gasteiger partial charge >= 0.3 is 5.97 Å². The third-order valence-corrected chi connectivity index (χ3v) is 4.42. The second-order valence-electron chi connectivity index (χ2n) is 5.86. The van der Waals surface area contributed by atoms with E-state index < -0.39 is 5.97 Å². The molecule has 0 bridgehead atoms. The molecule has 1 aromatic carbocycles. The van der Waals surface area contributed by atoms with Crippen LogP contribution in [0.15, 0.2) is 18.2 Å². The Morgan fingerprint density at radius 3 is 2.74 bits per heavy atom. The molecule has 1 spiro atoms. The minimum absolute atomic E-state index is 0.0690. The van der Waals surface area contributed by atoms with Crippen molar-refractivity contribution >= 4 is 5.97 Å². The Balaban J connectivity index is 1.80. The first kappa shape index (κ1) is 12.5. The van der Waals surface area contributed by atoms with Crippen LogP contribution in [-0.4, -0.2) is 16.7 Å². The van der Waals surface area contributed by atoms with E-state index in [0.29, 0.717) is 0 Å². The average Bonchev–Trinajstić information content (AvgIpc) is 2.39. The molecule has 0 unspecified atom stereocenters. The summed E-state index contributed by atoms with van der Waals surface area (Å²) in [5.74, 6) is 0.197. The van der Waals surface area contributed by atoms with Crippen LogP contribution in [-0.2, 0) is 17.6 Å². The van der Waals surface area contributed by atoms with Crippen LogP contribution in [0, 0.1) is 0 Å². The van der Waals surface area contributed by atoms with E-state index in [1.165, 1.54) is 37.7 Å². The smallest absolute Gasteiger partial charge is 0.307 e. The molecule has 1 aromatic rings. The van der Waals surface area contributed by atoms with E-state index in [-0.39, 0.29) is 12.0 Å². The molecule has 0 saturated heterocycles. The van der Waals surface area contributed by atoms with Gasteiger partial charge in [0.15, 0.2) is 0 Å². The zero-order valence-electron chi connectivity index (χ0n) is 11.2. The van der Waals surface area contributed by atoms with Crippen molar-refractivity contribution in [2.75, 3.05) is 0 Å². The summed E-state index contributed by atoms with van der Waals surface area (Å²) < 4.78 is 6.27. The van der Waals surface area contributed by atoms with Gasteiger partial charge in [0, 0.05) is 0 Å². The summed E-state index contributed by atoms with van der Waals surface area (Å²) in [6, 6.07) is 5.84. The molecule has 1 heterocycles. The highest BCUT2D eigenvalue weighted by molar-refractivity contribution is 5.70. The standard InChI is InChI=1S/C16H20O3/c17-15(18)11-12-4-5-14-13(10-12)6-9-16(19-14)7-2-1-3-8-16/h4-5,10H,1-3,6-9,11H2,(H,17,18). The van der Waals surface area contributed by atoms with E-state index in [9.17, 15) is 4.79 Å². The maximum absolute atomic E-state index is 10.7. The number of benzene rings is 1. The molecule has 3 nitrogen and oxygen atoms in total. The zero-order valence-corrected chi connectivity index (χ0v) is 11.2. The van der Waals surface area contributed by atoms with Gasteiger partial charge in [-0.25, -0.2) is 0 Å². The Morgan fingerprint density at radius 2 is 2.00 bits per heavy atom. The van der Waals surface area contributed by atoms with E-state index >= 15 is 0 Å². The number of carboxylic acid groups (broad SMARTS) is 1. The van der Waals surface area contributed by atoms with E-state index in [1.54, 1.807) is 0 Å². The van der Waals surface area contributed by atoms with Crippen molar-refractivity contribution in [3.05, 3.63) is 29.3 Å². The fourth-order valence-electron chi connectivity index (χ4n) is 3.41. The van der Waals surface area contributed by atoms with Gasteiger partial charge in [-0.1, -0.05) is 18.6 Å². The summed E-state index contributed by atoms with van der Waals surface area (Å²) in [4.78, 5) is 10.7. The largest absolute Gasteiger partial charge is 0.487 e. The van der Waals surface area contributed by atoms with Gasteiger partial charge in [-0.3, -0.25) is 4.79 Å². The number of carboxylic acids is 1. The van der Waals surface area contributed by atoms with Crippen LogP contribution in [0.4, 0.5) is 0 Å². The Labute approximate surface area is 113 Å². The van der Waals surface area contributed by atoms with Crippen LogP contribution in [0.2, 0.25) is 0 Å². The van der Waals surface area contributed by atoms with Crippen LogP contribution in [0.5, 0.6) is 5.75 Å². The monoisotopic (exact) mass is 260 g/mol. The van der Waals surface area contributed by atoms with Crippen LogP contribution in [0.3, 0.4) is 0 Å². The summed E-state index contributed by atoms with van der Waals surface area (Å²) in [6.07, 6.45) is 8.40. The van der Waals surface area contributed by atoms with Crippen LogP contribution in [0.1, 0.15) is 49.7 Å². The molecular weight excluding hydrogens is 240 g/mol. The highest BCUT2D eigenvalue weighted by Gasteiger charge is 2.37. The third-order valence-electron chi connectivity index (χ3n) is 4.42. The van der Waals surface area contributed by atoms with Crippen LogP contribution < -0.4 is 4.74 Å². The first-order valence-electron chi connectivity index (χ1n) is 7.20. The molecule has 1 N–H and O–H groups in total. The molecule has 1 aliphatic carbocycles. The molecule has 1 saturated carbocycles. The number of fused-ring (bicyclic) bond motifs is 1. The van der Waals surface area contributed by atoms with Crippen molar-refractivity contribution in [3.63, 3.8) is 0 Å². The summed E-state index contributed by atoms with van der Waals surface area (Å²) in [5, 5.41) is 8.84. The predicted octanol–water partition coefficient (Wildman–Crippen LogP) is 3.34.